The largest absolute Gasteiger partial charge is 0.354 e. The van der Waals surface area contributed by atoms with Crippen LogP contribution in [0.1, 0.15) is 16.2 Å². The fourth-order valence-corrected chi connectivity index (χ4v) is 3.55. The summed E-state index contributed by atoms with van der Waals surface area (Å²) in [6.45, 7) is 4.29. The summed E-state index contributed by atoms with van der Waals surface area (Å²) in [4.78, 5) is 30.1. The van der Waals surface area contributed by atoms with Crippen molar-refractivity contribution in [3.05, 3.63) is 54.0 Å². The Morgan fingerprint density at radius 3 is 2.63 bits per heavy atom. The summed E-state index contributed by atoms with van der Waals surface area (Å²) in [6, 6.07) is 11.4. The fraction of sp³-hybridized carbons (Fsp3) is 0.263. The van der Waals surface area contributed by atoms with Crippen LogP contribution in [0.2, 0.25) is 0 Å². The molecule has 0 unspecified atom stereocenters. The number of carbonyl (C=O) groups excluding carboxylic acids is 1. The molecule has 0 aliphatic carbocycles. The van der Waals surface area contributed by atoms with E-state index in [0.29, 0.717) is 29.1 Å². The van der Waals surface area contributed by atoms with Gasteiger partial charge in [-0.2, -0.15) is 0 Å². The molecule has 0 radical (unpaired) electrons. The number of benzene rings is 1. The van der Waals surface area contributed by atoms with Crippen molar-refractivity contribution in [2.75, 3.05) is 31.1 Å². The number of amides is 1. The lowest BCUT2D eigenvalue weighted by Gasteiger charge is -2.35. The number of aromatic nitrogens is 3. The van der Waals surface area contributed by atoms with Crippen LogP contribution in [0, 0.1) is 0 Å². The molecule has 134 valence electrons. The molecule has 4 heterocycles. The number of rotatable bonds is 3. The molecule has 3 aromatic rings. The number of carbonyl (C=O) groups is 1. The van der Waals surface area contributed by atoms with E-state index in [-0.39, 0.29) is 5.91 Å². The van der Waals surface area contributed by atoms with Crippen molar-refractivity contribution in [1.82, 2.24) is 19.9 Å². The van der Waals surface area contributed by atoms with Gasteiger partial charge in [0.25, 0.3) is 5.91 Å². The topological polar surface area (TPSA) is 86.9 Å². The first kappa shape index (κ1) is 16.0. The van der Waals surface area contributed by atoms with Gasteiger partial charge in [-0.05, 0) is 24.3 Å². The standard InChI is InChI=1S/C19H17N7O/c27-19-13-4-3-5-14-17(13)18(23-24-19)22-15(21-14)12-25-8-10-26(11-9-25)16-6-1-2-7-20-16/h1-7H,8-12H2. The highest BCUT2D eigenvalue weighted by molar-refractivity contribution is 6.11. The van der Waals surface area contributed by atoms with E-state index in [9.17, 15) is 4.79 Å². The first-order chi connectivity index (χ1) is 13.3. The molecule has 2 aliphatic rings. The van der Waals surface area contributed by atoms with Crippen LogP contribution in [0.3, 0.4) is 0 Å². The highest BCUT2D eigenvalue weighted by Crippen LogP contribution is 2.31. The molecule has 27 heavy (non-hydrogen) atoms. The molecular formula is C19H17N7O. The van der Waals surface area contributed by atoms with E-state index in [0.717, 1.165) is 37.5 Å². The van der Waals surface area contributed by atoms with Gasteiger partial charge >= 0.3 is 0 Å². The maximum Gasteiger partial charge on any atom is 0.296 e. The Labute approximate surface area is 155 Å². The zero-order valence-electron chi connectivity index (χ0n) is 14.6. The van der Waals surface area contributed by atoms with Gasteiger partial charge in [0.2, 0.25) is 0 Å². The maximum atomic E-state index is 11.9. The van der Waals surface area contributed by atoms with Crippen molar-refractivity contribution in [3.8, 4) is 0 Å². The molecule has 5 rings (SSSR count). The lowest BCUT2D eigenvalue weighted by atomic mass is 10.1. The quantitative estimate of drug-likeness (QED) is 0.714. The third-order valence-electron chi connectivity index (χ3n) is 4.93. The third-order valence-corrected chi connectivity index (χ3v) is 4.93. The SMILES string of the molecule is O=C1N=Nc2nc(CN3CCN(c4ccccn4)CC3)nc3cccc1c23. The second-order valence-corrected chi connectivity index (χ2v) is 6.62. The summed E-state index contributed by atoms with van der Waals surface area (Å²) < 4.78 is 0. The van der Waals surface area contributed by atoms with Crippen LogP contribution in [-0.4, -0.2) is 51.9 Å². The minimum absolute atomic E-state index is 0.338. The van der Waals surface area contributed by atoms with E-state index in [1.54, 1.807) is 6.07 Å². The number of nitrogens with zero attached hydrogens (tertiary/aromatic N) is 7. The zero-order valence-corrected chi connectivity index (χ0v) is 14.6. The van der Waals surface area contributed by atoms with Crippen LogP contribution in [0.25, 0.3) is 10.9 Å². The molecule has 0 saturated carbocycles. The number of hydrogen-bond acceptors (Lipinski definition) is 7. The minimum atomic E-state index is -0.338. The van der Waals surface area contributed by atoms with Crippen LogP contribution in [-0.2, 0) is 6.54 Å². The molecule has 1 fully saturated rings. The highest BCUT2D eigenvalue weighted by atomic mass is 16.1. The maximum absolute atomic E-state index is 11.9. The Kier molecular flexibility index (Phi) is 3.83. The van der Waals surface area contributed by atoms with Gasteiger partial charge < -0.3 is 4.90 Å². The second-order valence-electron chi connectivity index (χ2n) is 6.62. The van der Waals surface area contributed by atoms with Gasteiger partial charge in [-0.1, -0.05) is 12.1 Å². The highest BCUT2D eigenvalue weighted by Gasteiger charge is 2.22. The zero-order chi connectivity index (χ0) is 18.2. The van der Waals surface area contributed by atoms with Gasteiger partial charge in [-0.15, -0.1) is 10.2 Å². The number of anilines is 1. The van der Waals surface area contributed by atoms with E-state index in [2.05, 4.69) is 35.0 Å². The van der Waals surface area contributed by atoms with E-state index >= 15 is 0 Å². The van der Waals surface area contributed by atoms with E-state index in [1.165, 1.54) is 0 Å². The van der Waals surface area contributed by atoms with Crippen LogP contribution in [0.5, 0.6) is 0 Å². The Balaban J connectivity index is 1.35. The molecule has 0 atom stereocenters. The van der Waals surface area contributed by atoms with Crippen molar-refractivity contribution >= 4 is 28.4 Å². The average Bonchev–Trinajstić information content (AvgIpc) is 2.72. The van der Waals surface area contributed by atoms with Gasteiger partial charge in [0.1, 0.15) is 11.6 Å². The average molecular weight is 359 g/mol. The molecule has 2 aliphatic heterocycles. The summed E-state index contributed by atoms with van der Waals surface area (Å²) in [7, 11) is 0. The summed E-state index contributed by atoms with van der Waals surface area (Å²) in [5.41, 5.74) is 1.26. The monoisotopic (exact) mass is 359 g/mol. The first-order valence-corrected chi connectivity index (χ1v) is 8.92. The molecule has 0 N–H and O–H groups in total. The van der Waals surface area contributed by atoms with Crippen molar-refractivity contribution in [2.24, 2.45) is 10.2 Å². The molecule has 0 bridgehead atoms. The summed E-state index contributed by atoms with van der Waals surface area (Å²) in [5, 5.41) is 8.38. The lowest BCUT2D eigenvalue weighted by molar-refractivity contribution is 0.0995. The number of hydrogen-bond donors (Lipinski definition) is 0. The molecule has 1 aromatic carbocycles. The van der Waals surface area contributed by atoms with Crippen LogP contribution >= 0.6 is 0 Å². The summed E-state index contributed by atoms with van der Waals surface area (Å²) >= 11 is 0. The van der Waals surface area contributed by atoms with Crippen LogP contribution in [0.4, 0.5) is 11.6 Å². The molecule has 1 saturated heterocycles. The number of azo groups is 1. The molecule has 2 aromatic heterocycles. The summed E-state index contributed by atoms with van der Waals surface area (Å²) in [6.07, 6.45) is 1.82. The smallest absolute Gasteiger partial charge is 0.296 e. The van der Waals surface area contributed by atoms with Crippen molar-refractivity contribution in [2.45, 2.75) is 6.54 Å². The van der Waals surface area contributed by atoms with E-state index in [1.807, 2.05) is 36.5 Å². The Morgan fingerprint density at radius 1 is 0.926 bits per heavy atom. The van der Waals surface area contributed by atoms with Gasteiger partial charge in [0, 0.05) is 32.4 Å². The number of piperazine rings is 1. The fourth-order valence-electron chi connectivity index (χ4n) is 3.55. The predicted octanol–water partition coefficient (Wildman–Crippen LogP) is 2.58. The van der Waals surface area contributed by atoms with Crippen LogP contribution in [0.15, 0.2) is 52.8 Å². The van der Waals surface area contributed by atoms with Gasteiger partial charge in [0.15, 0.2) is 5.82 Å². The van der Waals surface area contributed by atoms with Gasteiger partial charge in [-0.25, -0.2) is 15.0 Å². The minimum Gasteiger partial charge on any atom is -0.354 e. The second kappa shape index (κ2) is 6.48. The van der Waals surface area contributed by atoms with Gasteiger partial charge in [0.05, 0.1) is 23.0 Å². The molecule has 8 nitrogen and oxygen atoms in total. The Morgan fingerprint density at radius 2 is 1.81 bits per heavy atom. The van der Waals surface area contributed by atoms with Gasteiger partial charge in [-0.3, -0.25) is 9.69 Å². The normalized spacial score (nSPS) is 16.9. The first-order valence-electron chi connectivity index (χ1n) is 8.92. The Bertz CT molecular complexity index is 1040. The predicted molar refractivity (Wildman–Crippen MR) is 100 cm³/mol. The molecule has 0 spiro atoms. The molecular weight excluding hydrogens is 342 g/mol. The third kappa shape index (κ3) is 2.93. The number of pyridine rings is 1. The van der Waals surface area contributed by atoms with Crippen molar-refractivity contribution in [3.63, 3.8) is 0 Å². The molecule has 1 amide bonds. The van der Waals surface area contributed by atoms with Crippen molar-refractivity contribution in [1.29, 1.82) is 0 Å². The van der Waals surface area contributed by atoms with E-state index in [4.69, 9.17) is 0 Å². The van der Waals surface area contributed by atoms with Crippen LogP contribution < -0.4 is 4.90 Å². The van der Waals surface area contributed by atoms with E-state index < -0.39 is 0 Å². The lowest BCUT2D eigenvalue weighted by Crippen LogP contribution is -2.46. The summed E-state index contributed by atoms with van der Waals surface area (Å²) in [5.74, 6) is 1.86. The Hall–Kier alpha value is -3.26. The molecule has 8 heteroatoms. The van der Waals surface area contributed by atoms with Crippen molar-refractivity contribution < 1.29 is 4.79 Å².